The number of carboxylic acid groups (broad SMARTS) is 1. The van der Waals surface area contributed by atoms with Gasteiger partial charge in [-0.3, -0.25) is 19.1 Å². The summed E-state index contributed by atoms with van der Waals surface area (Å²) in [7, 11) is 1.79. The van der Waals surface area contributed by atoms with Crippen molar-refractivity contribution in [3.05, 3.63) is 67.0 Å². The van der Waals surface area contributed by atoms with Crippen molar-refractivity contribution in [2.24, 2.45) is 0 Å². The predicted octanol–water partition coefficient (Wildman–Crippen LogP) is 0.842. The van der Waals surface area contributed by atoms with E-state index in [1.807, 2.05) is 32.9 Å². The van der Waals surface area contributed by atoms with Crippen LogP contribution in [0.15, 0.2) is 27.9 Å². The van der Waals surface area contributed by atoms with E-state index in [-0.39, 0.29) is 5.56 Å². The van der Waals surface area contributed by atoms with Gasteiger partial charge in [0, 0.05) is 11.8 Å². The summed E-state index contributed by atoms with van der Waals surface area (Å²) in [6.45, 7) is 6.35. The molecule has 4 atom stereocenters. The minimum absolute atomic E-state index is 0.231. The third kappa shape index (κ3) is 7.40. The van der Waals surface area contributed by atoms with Gasteiger partial charge in [0.1, 0.15) is 12.2 Å². The number of carbonyl (C=O) groups is 2. The predicted molar refractivity (Wildman–Crippen MR) is 133 cm³/mol. The quantitative estimate of drug-likeness (QED) is 0.289. The van der Waals surface area contributed by atoms with Gasteiger partial charge < -0.3 is 25.4 Å². The molecule has 11 nitrogen and oxygen atoms in total. The number of aromatic nitrogens is 2. The summed E-state index contributed by atoms with van der Waals surface area (Å²) in [4.78, 5) is 48.1. The SMILES string of the molecule is CNCCCCc1cn(C2OC(C(=O)C(F)F)C(O)C2O)c(=O)[nH]c1=O.Cc1cc(C)c(C(=O)O)c(C)c1. The first-order valence-corrected chi connectivity index (χ1v) is 11.9. The van der Waals surface area contributed by atoms with Crippen molar-refractivity contribution in [1.29, 1.82) is 0 Å². The molecule has 1 aliphatic rings. The van der Waals surface area contributed by atoms with Crippen LogP contribution in [0.3, 0.4) is 0 Å². The number of Topliss-reactive ketones (excluding diaryl/α,β-unsaturated/α-hetero) is 1. The van der Waals surface area contributed by atoms with E-state index >= 15 is 0 Å². The van der Waals surface area contributed by atoms with E-state index in [4.69, 9.17) is 9.84 Å². The van der Waals surface area contributed by atoms with Crippen LogP contribution in [-0.2, 0) is 16.0 Å². The van der Waals surface area contributed by atoms with E-state index in [2.05, 4.69) is 10.3 Å². The monoisotopic (exact) mass is 541 g/mol. The smallest absolute Gasteiger partial charge is 0.336 e. The van der Waals surface area contributed by atoms with Gasteiger partial charge in [-0.15, -0.1) is 0 Å². The van der Waals surface area contributed by atoms with Crippen molar-refractivity contribution in [2.45, 2.75) is 71.0 Å². The van der Waals surface area contributed by atoms with Gasteiger partial charge in [0.15, 0.2) is 12.3 Å². The van der Waals surface area contributed by atoms with E-state index in [0.29, 0.717) is 18.4 Å². The molecule has 5 N–H and O–H groups in total. The lowest BCUT2D eigenvalue weighted by Gasteiger charge is -2.18. The molecule has 38 heavy (non-hydrogen) atoms. The number of aryl methyl sites for hydroxylation is 4. The third-order valence-corrected chi connectivity index (χ3v) is 6.06. The zero-order chi connectivity index (χ0) is 28.7. The van der Waals surface area contributed by atoms with Gasteiger partial charge in [0.25, 0.3) is 12.0 Å². The van der Waals surface area contributed by atoms with E-state index < -0.39 is 54.0 Å². The second-order valence-corrected chi connectivity index (χ2v) is 9.09. The van der Waals surface area contributed by atoms with Gasteiger partial charge >= 0.3 is 11.7 Å². The summed E-state index contributed by atoms with van der Waals surface area (Å²) in [5.41, 5.74) is 1.88. The van der Waals surface area contributed by atoms with Crippen molar-refractivity contribution >= 4 is 11.8 Å². The molecule has 0 amide bonds. The van der Waals surface area contributed by atoms with Crippen LogP contribution >= 0.6 is 0 Å². The Balaban J connectivity index is 0.000000352. The van der Waals surface area contributed by atoms with E-state index in [0.717, 1.165) is 40.4 Å². The maximum Gasteiger partial charge on any atom is 0.336 e. The lowest BCUT2D eigenvalue weighted by molar-refractivity contribution is -0.146. The molecule has 0 spiro atoms. The summed E-state index contributed by atoms with van der Waals surface area (Å²) in [6, 6.07) is 3.77. The van der Waals surface area contributed by atoms with Crippen molar-refractivity contribution < 1.29 is 38.4 Å². The molecular weight excluding hydrogens is 508 g/mol. The first-order valence-electron chi connectivity index (χ1n) is 11.9. The molecule has 13 heteroatoms. The number of rotatable bonds is 9. The maximum absolute atomic E-state index is 12.6. The number of aromatic carboxylic acids is 1. The van der Waals surface area contributed by atoms with Crippen molar-refractivity contribution in [1.82, 2.24) is 14.9 Å². The van der Waals surface area contributed by atoms with Crippen LogP contribution in [0, 0.1) is 20.8 Å². The van der Waals surface area contributed by atoms with Gasteiger partial charge in [-0.1, -0.05) is 17.7 Å². The molecule has 1 aromatic carbocycles. The second kappa shape index (κ2) is 13.5. The van der Waals surface area contributed by atoms with Gasteiger partial charge in [0.2, 0.25) is 5.78 Å². The molecule has 1 aromatic heterocycles. The molecule has 1 aliphatic heterocycles. The largest absolute Gasteiger partial charge is 0.478 e. The minimum atomic E-state index is -3.39. The minimum Gasteiger partial charge on any atom is -0.478 e. The fraction of sp³-hybridized carbons (Fsp3) is 0.520. The van der Waals surface area contributed by atoms with Crippen LogP contribution < -0.4 is 16.6 Å². The fourth-order valence-electron chi connectivity index (χ4n) is 4.28. The first kappa shape index (κ1) is 31.0. The van der Waals surface area contributed by atoms with E-state index in [1.54, 1.807) is 7.05 Å². The zero-order valence-corrected chi connectivity index (χ0v) is 21.5. The Bertz CT molecular complexity index is 1240. The molecule has 210 valence electrons. The molecule has 0 saturated carbocycles. The Kier molecular flexibility index (Phi) is 11.0. The molecule has 0 aliphatic carbocycles. The number of nitrogens with zero attached hydrogens (tertiary/aromatic N) is 1. The lowest BCUT2D eigenvalue weighted by Crippen LogP contribution is -2.40. The van der Waals surface area contributed by atoms with Gasteiger partial charge in [-0.2, -0.15) is 0 Å². The molecule has 1 fully saturated rings. The van der Waals surface area contributed by atoms with Crippen LogP contribution in [0.2, 0.25) is 0 Å². The number of hydrogen-bond donors (Lipinski definition) is 5. The molecule has 0 bridgehead atoms. The highest BCUT2D eigenvalue weighted by Crippen LogP contribution is 2.30. The number of aliphatic hydroxyl groups is 2. The molecule has 3 rings (SSSR count). The highest BCUT2D eigenvalue weighted by atomic mass is 19.3. The number of alkyl halides is 2. The van der Waals surface area contributed by atoms with Crippen LogP contribution in [0.4, 0.5) is 8.78 Å². The van der Waals surface area contributed by atoms with Gasteiger partial charge in [0.05, 0.1) is 5.56 Å². The summed E-state index contributed by atoms with van der Waals surface area (Å²) in [6.07, 6.45) is -7.73. The highest BCUT2D eigenvalue weighted by Gasteiger charge is 2.49. The van der Waals surface area contributed by atoms with Crippen LogP contribution in [0.25, 0.3) is 0 Å². The van der Waals surface area contributed by atoms with Crippen molar-refractivity contribution in [2.75, 3.05) is 13.6 Å². The maximum atomic E-state index is 12.6. The number of nitrogens with one attached hydrogen (secondary N) is 2. The molecule has 0 radical (unpaired) electrons. The van der Waals surface area contributed by atoms with Gasteiger partial charge in [-0.05, 0) is 64.8 Å². The number of H-pyrrole nitrogens is 1. The zero-order valence-electron chi connectivity index (χ0n) is 21.5. The third-order valence-electron chi connectivity index (χ3n) is 6.06. The summed E-state index contributed by atoms with van der Waals surface area (Å²) < 4.78 is 30.9. The van der Waals surface area contributed by atoms with Crippen molar-refractivity contribution in [3.63, 3.8) is 0 Å². The molecule has 1 saturated heterocycles. The first-order chi connectivity index (χ1) is 17.8. The number of aliphatic hydroxyl groups excluding tert-OH is 2. The summed E-state index contributed by atoms with van der Waals surface area (Å²) >= 11 is 0. The number of ketones is 1. The Labute approximate surface area is 217 Å². The Hall–Kier alpha value is -3.26. The molecule has 4 unspecified atom stereocenters. The molecule has 2 aromatic rings. The van der Waals surface area contributed by atoms with E-state index in [1.165, 1.54) is 0 Å². The number of carboxylic acids is 1. The van der Waals surface area contributed by atoms with Crippen LogP contribution in [-0.4, -0.2) is 75.0 Å². The number of halogens is 2. The molecular formula is C25H33F2N3O8. The Morgan fingerprint density at radius 1 is 1.11 bits per heavy atom. The van der Waals surface area contributed by atoms with Crippen LogP contribution in [0.1, 0.15) is 51.7 Å². The normalized spacial score (nSPS) is 20.8. The topological polar surface area (TPSA) is 171 Å². The van der Waals surface area contributed by atoms with Crippen LogP contribution in [0.5, 0.6) is 0 Å². The summed E-state index contributed by atoms with van der Waals surface area (Å²) in [5, 5.41) is 31.6. The highest BCUT2D eigenvalue weighted by molar-refractivity contribution is 5.91. The average molecular weight is 542 g/mol. The number of aromatic amines is 1. The number of carbonyl (C=O) groups excluding carboxylic acids is 1. The number of ether oxygens (including phenoxy) is 1. The lowest BCUT2D eigenvalue weighted by atomic mass is 10.0. The van der Waals surface area contributed by atoms with E-state index in [9.17, 15) is 38.2 Å². The summed E-state index contributed by atoms with van der Waals surface area (Å²) in [5.74, 6) is -2.53. The Morgan fingerprint density at radius 3 is 2.24 bits per heavy atom. The number of unbranched alkanes of at least 4 members (excludes halogenated alkanes) is 1. The van der Waals surface area contributed by atoms with Gasteiger partial charge in [-0.25, -0.2) is 18.4 Å². The molecule has 2 heterocycles. The number of benzene rings is 1. The van der Waals surface area contributed by atoms with Crippen molar-refractivity contribution in [3.8, 4) is 0 Å². The average Bonchev–Trinajstić information content (AvgIpc) is 3.11. The number of hydrogen-bond acceptors (Lipinski definition) is 8. The fourth-order valence-corrected chi connectivity index (χ4v) is 4.28. The Morgan fingerprint density at radius 2 is 1.71 bits per heavy atom. The standard InChI is InChI=1S/C15H21F2N3O6.C10H12O2/c1-18-5-3-2-4-7-6-20(15(25)19-13(7)24)14-9(22)8(21)11(26-14)10(23)12(16)17;1-6-4-7(2)9(10(11)12)8(3)5-6/h6,8-9,11-12,14,18,21-22H,2-5H2,1H3,(H,19,24,25);4-5H,1-3H3,(H,11,12). The second-order valence-electron chi connectivity index (χ2n) is 9.09.